The Kier molecular flexibility index (Phi) is 5.02. The first-order valence-electron chi connectivity index (χ1n) is 5.64. The average Bonchev–Trinajstić information content (AvgIpc) is 2.34. The summed E-state index contributed by atoms with van der Waals surface area (Å²) < 4.78 is 0. The minimum atomic E-state index is 0.445. The van der Waals surface area contributed by atoms with Crippen molar-refractivity contribution in [2.75, 3.05) is 6.54 Å². The van der Waals surface area contributed by atoms with E-state index in [1.54, 1.807) is 6.07 Å². The van der Waals surface area contributed by atoms with Crippen molar-refractivity contribution in [1.82, 2.24) is 5.32 Å². The molecule has 0 heterocycles. The number of aliphatic imine (C=N–C) groups is 1. The van der Waals surface area contributed by atoms with Crippen LogP contribution in [0.3, 0.4) is 0 Å². The van der Waals surface area contributed by atoms with Crippen molar-refractivity contribution in [2.45, 2.75) is 20.4 Å². The van der Waals surface area contributed by atoms with E-state index < -0.39 is 0 Å². The molecule has 0 fully saturated rings. The standard InChI is InChI=1S/C13H18N4/c1-10(2)8-16-13(15)17-9-12-5-3-4-11(6-12)7-14/h3-6,10H,8-9H2,1-2H3,(H3,15,16,17). The minimum absolute atomic E-state index is 0.445. The van der Waals surface area contributed by atoms with E-state index in [1.165, 1.54) is 0 Å². The predicted octanol–water partition coefficient (Wildman–Crippen LogP) is 1.62. The second kappa shape index (κ2) is 6.54. The maximum absolute atomic E-state index is 8.76. The van der Waals surface area contributed by atoms with Gasteiger partial charge in [0.05, 0.1) is 18.2 Å². The number of nitriles is 1. The number of guanidine groups is 1. The highest BCUT2D eigenvalue weighted by Gasteiger charge is 1.97. The third-order valence-corrected chi connectivity index (χ3v) is 2.18. The van der Waals surface area contributed by atoms with Crippen LogP contribution >= 0.6 is 0 Å². The van der Waals surface area contributed by atoms with Gasteiger partial charge in [-0.05, 0) is 23.6 Å². The number of hydrogen-bond donors (Lipinski definition) is 2. The Balaban J connectivity index is 2.54. The number of rotatable bonds is 4. The molecule has 0 unspecified atom stereocenters. The maximum atomic E-state index is 8.76. The van der Waals surface area contributed by atoms with Gasteiger partial charge in [-0.25, -0.2) is 4.99 Å². The van der Waals surface area contributed by atoms with Crippen LogP contribution in [0.25, 0.3) is 0 Å². The summed E-state index contributed by atoms with van der Waals surface area (Å²) in [5, 5.41) is 11.8. The SMILES string of the molecule is CC(C)CNC(N)=NCc1cccc(C#N)c1. The number of benzene rings is 1. The predicted molar refractivity (Wildman–Crippen MR) is 69.3 cm³/mol. The van der Waals surface area contributed by atoms with Gasteiger partial charge in [0.1, 0.15) is 0 Å². The fraction of sp³-hybridized carbons (Fsp3) is 0.385. The van der Waals surface area contributed by atoms with Gasteiger partial charge in [0.25, 0.3) is 0 Å². The van der Waals surface area contributed by atoms with Crippen molar-refractivity contribution in [3.63, 3.8) is 0 Å². The van der Waals surface area contributed by atoms with Gasteiger partial charge >= 0.3 is 0 Å². The molecule has 0 aliphatic heterocycles. The average molecular weight is 230 g/mol. The van der Waals surface area contributed by atoms with Crippen LogP contribution in [0.15, 0.2) is 29.3 Å². The quantitative estimate of drug-likeness (QED) is 0.609. The number of nitrogens with one attached hydrogen (secondary N) is 1. The molecular formula is C13H18N4. The van der Waals surface area contributed by atoms with Crippen LogP contribution in [0, 0.1) is 17.2 Å². The summed E-state index contributed by atoms with van der Waals surface area (Å²) in [6, 6.07) is 9.47. The lowest BCUT2D eigenvalue weighted by Gasteiger charge is -2.07. The fourth-order valence-electron chi connectivity index (χ4n) is 1.28. The van der Waals surface area contributed by atoms with E-state index in [0.29, 0.717) is 24.0 Å². The van der Waals surface area contributed by atoms with Crippen LogP contribution < -0.4 is 11.1 Å². The van der Waals surface area contributed by atoms with E-state index in [4.69, 9.17) is 11.0 Å². The smallest absolute Gasteiger partial charge is 0.188 e. The van der Waals surface area contributed by atoms with E-state index in [-0.39, 0.29) is 0 Å². The Hall–Kier alpha value is -2.02. The molecule has 0 spiro atoms. The highest BCUT2D eigenvalue weighted by Crippen LogP contribution is 2.05. The molecule has 0 aliphatic carbocycles. The Morgan fingerprint density at radius 3 is 2.94 bits per heavy atom. The first-order valence-corrected chi connectivity index (χ1v) is 5.64. The van der Waals surface area contributed by atoms with Crippen LogP contribution in [0.2, 0.25) is 0 Å². The molecule has 1 aromatic rings. The zero-order chi connectivity index (χ0) is 12.7. The molecule has 0 aromatic heterocycles. The van der Waals surface area contributed by atoms with Crippen molar-refractivity contribution in [2.24, 2.45) is 16.6 Å². The summed E-state index contributed by atoms with van der Waals surface area (Å²) in [6.45, 7) is 5.52. The molecule has 90 valence electrons. The summed E-state index contributed by atoms with van der Waals surface area (Å²) in [6.07, 6.45) is 0. The monoisotopic (exact) mass is 230 g/mol. The Bertz CT molecular complexity index is 429. The van der Waals surface area contributed by atoms with Gasteiger partial charge in [-0.15, -0.1) is 0 Å². The van der Waals surface area contributed by atoms with Gasteiger partial charge in [-0.2, -0.15) is 5.26 Å². The van der Waals surface area contributed by atoms with Crippen LogP contribution in [0.5, 0.6) is 0 Å². The lowest BCUT2D eigenvalue weighted by atomic mass is 10.1. The second-order valence-electron chi connectivity index (χ2n) is 4.29. The fourth-order valence-corrected chi connectivity index (χ4v) is 1.28. The molecule has 0 aliphatic rings. The molecule has 0 amide bonds. The molecule has 4 heteroatoms. The topological polar surface area (TPSA) is 74.2 Å². The van der Waals surface area contributed by atoms with Crippen LogP contribution in [-0.2, 0) is 6.54 Å². The first-order chi connectivity index (χ1) is 8.11. The van der Waals surface area contributed by atoms with Crippen molar-refractivity contribution >= 4 is 5.96 Å². The van der Waals surface area contributed by atoms with E-state index in [2.05, 4.69) is 30.2 Å². The highest BCUT2D eigenvalue weighted by atomic mass is 15.1. The molecule has 3 N–H and O–H groups in total. The van der Waals surface area contributed by atoms with Crippen LogP contribution in [0.1, 0.15) is 25.0 Å². The van der Waals surface area contributed by atoms with Crippen LogP contribution in [-0.4, -0.2) is 12.5 Å². The summed E-state index contributed by atoms with van der Waals surface area (Å²) in [5.74, 6) is 0.978. The summed E-state index contributed by atoms with van der Waals surface area (Å²) in [7, 11) is 0. The van der Waals surface area contributed by atoms with Crippen molar-refractivity contribution in [3.8, 4) is 6.07 Å². The largest absolute Gasteiger partial charge is 0.370 e. The van der Waals surface area contributed by atoms with E-state index >= 15 is 0 Å². The third-order valence-electron chi connectivity index (χ3n) is 2.18. The third kappa shape index (κ3) is 5.03. The lowest BCUT2D eigenvalue weighted by Crippen LogP contribution is -2.34. The highest BCUT2D eigenvalue weighted by molar-refractivity contribution is 5.77. The molecule has 0 radical (unpaired) electrons. The molecule has 0 saturated carbocycles. The van der Waals surface area contributed by atoms with Gasteiger partial charge in [-0.1, -0.05) is 26.0 Å². The molecule has 0 bridgehead atoms. The molecular weight excluding hydrogens is 212 g/mol. The Morgan fingerprint density at radius 1 is 1.53 bits per heavy atom. The molecule has 0 saturated heterocycles. The zero-order valence-corrected chi connectivity index (χ0v) is 10.3. The van der Waals surface area contributed by atoms with Gasteiger partial charge < -0.3 is 11.1 Å². The normalized spacial score (nSPS) is 11.3. The summed E-state index contributed by atoms with van der Waals surface area (Å²) in [4.78, 5) is 4.22. The second-order valence-corrected chi connectivity index (χ2v) is 4.29. The molecule has 0 atom stereocenters. The molecule has 4 nitrogen and oxygen atoms in total. The maximum Gasteiger partial charge on any atom is 0.188 e. The van der Waals surface area contributed by atoms with Gasteiger partial charge in [-0.3, -0.25) is 0 Å². The number of hydrogen-bond acceptors (Lipinski definition) is 2. The number of nitrogens with zero attached hydrogens (tertiary/aromatic N) is 2. The van der Waals surface area contributed by atoms with Gasteiger partial charge in [0.15, 0.2) is 5.96 Å². The Labute approximate surface area is 102 Å². The summed E-state index contributed by atoms with van der Waals surface area (Å²) >= 11 is 0. The minimum Gasteiger partial charge on any atom is -0.370 e. The van der Waals surface area contributed by atoms with Crippen LogP contribution in [0.4, 0.5) is 0 Å². The van der Waals surface area contributed by atoms with Gasteiger partial charge in [0.2, 0.25) is 0 Å². The number of nitrogens with two attached hydrogens (primary N) is 1. The molecule has 17 heavy (non-hydrogen) atoms. The Morgan fingerprint density at radius 2 is 2.29 bits per heavy atom. The van der Waals surface area contributed by atoms with E-state index in [9.17, 15) is 0 Å². The first kappa shape index (κ1) is 13.0. The zero-order valence-electron chi connectivity index (χ0n) is 10.3. The van der Waals surface area contributed by atoms with E-state index in [1.807, 2.05) is 18.2 Å². The van der Waals surface area contributed by atoms with Crippen molar-refractivity contribution in [1.29, 1.82) is 5.26 Å². The lowest BCUT2D eigenvalue weighted by molar-refractivity contribution is 0.622. The van der Waals surface area contributed by atoms with Crippen molar-refractivity contribution in [3.05, 3.63) is 35.4 Å². The van der Waals surface area contributed by atoms with E-state index in [0.717, 1.165) is 12.1 Å². The van der Waals surface area contributed by atoms with Crippen molar-refractivity contribution < 1.29 is 0 Å². The molecule has 1 rings (SSSR count). The summed E-state index contributed by atoms with van der Waals surface area (Å²) in [5.41, 5.74) is 7.34. The van der Waals surface area contributed by atoms with Gasteiger partial charge in [0, 0.05) is 6.54 Å². The molecule has 1 aromatic carbocycles.